The van der Waals surface area contributed by atoms with Gasteiger partial charge in [-0.2, -0.15) is 0 Å². The molecule has 1 heterocycles. The number of carbonyl (C=O) groups excluding carboxylic acids is 1. The lowest BCUT2D eigenvalue weighted by Crippen LogP contribution is -2.26. The van der Waals surface area contributed by atoms with Gasteiger partial charge in [0.2, 0.25) is 0 Å². The maximum atomic E-state index is 11.5. The zero-order valence-electron chi connectivity index (χ0n) is 14.0. The van der Waals surface area contributed by atoms with Gasteiger partial charge in [0.25, 0.3) is 0 Å². The van der Waals surface area contributed by atoms with Crippen LogP contribution in [-0.4, -0.2) is 31.9 Å². The van der Waals surface area contributed by atoms with Gasteiger partial charge in [-0.15, -0.1) is 5.10 Å². The van der Waals surface area contributed by atoms with Gasteiger partial charge >= 0.3 is 5.97 Å². The van der Waals surface area contributed by atoms with Crippen LogP contribution in [0.3, 0.4) is 0 Å². The normalized spacial score (nSPS) is 11.6. The van der Waals surface area contributed by atoms with Crippen molar-refractivity contribution >= 4 is 21.9 Å². The number of rotatable bonds is 11. The molecule has 5 nitrogen and oxygen atoms in total. The van der Waals surface area contributed by atoms with Crippen LogP contribution in [0.15, 0.2) is 6.20 Å². The Morgan fingerprint density at radius 2 is 1.77 bits per heavy atom. The molecule has 0 aliphatic rings. The maximum absolute atomic E-state index is 11.5. The molecule has 0 aliphatic carbocycles. The molecule has 0 aromatic carbocycles. The van der Waals surface area contributed by atoms with Crippen molar-refractivity contribution in [2.45, 2.75) is 69.5 Å². The quantitative estimate of drug-likeness (QED) is 0.336. The van der Waals surface area contributed by atoms with Crippen molar-refractivity contribution in [2.75, 3.05) is 6.61 Å². The summed E-state index contributed by atoms with van der Waals surface area (Å²) < 4.78 is 6.38. The lowest BCUT2D eigenvalue weighted by Gasteiger charge is -2.14. The van der Waals surface area contributed by atoms with E-state index in [1.807, 2.05) is 13.2 Å². The largest absolute Gasteiger partial charge is 0.465 e. The van der Waals surface area contributed by atoms with Gasteiger partial charge in [0.1, 0.15) is 4.32 Å². The maximum Gasteiger partial charge on any atom is 0.322 e. The van der Waals surface area contributed by atoms with Crippen LogP contribution in [0.25, 0.3) is 0 Å². The summed E-state index contributed by atoms with van der Waals surface area (Å²) in [6, 6.07) is 0. The van der Waals surface area contributed by atoms with E-state index >= 15 is 0 Å². The number of aryl methyl sites for hydroxylation is 2. The topological polar surface area (TPSA) is 57.0 Å². The minimum atomic E-state index is -0.573. The molecule has 1 aromatic rings. The molecule has 0 saturated heterocycles. The smallest absolute Gasteiger partial charge is 0.322 e. The summed E-state index contributed by atoms with van der Waals surface area (Å²) in [5.41, 5.74) is 1.08. The lowest BCUT2D eigenvalue weighted by atomic mass is 10.1. The number of esters is 1. The molecule has 0 bridgehead atoms. The van der Waals surface area contributed by atoms with Gasteiger partial charge in [-0.05, 0) is 33.1 Å². The molecular formula is C16H28BrN3O2. The Hall–Kier alpha value is -0.910. The summed E-state index contributed by atoms with van der Waals surface area (Å²) in [6.45, 7) is 4.13. The van der Waals surface area contributed by atoms with Gasteiger partial charge in [0, 0.05) is 13.2 Å². The second-order valence-electron chi connectivity index (χ2n) is 6.22. The van der Waals surface area contributed by atoms with Crippen LogP contribution in [0, 0.1) is 0 Å². The van der Waals surface area contributed by atoms with Crippen molar-refractivity contribution in [1.29, 1.82) is 0 Å². The molecule has 0 saturated carbocycles. The Morgan fingerprint density at radius 3 is 2.32 bits per heavy atom. The average molecular weight is 374 g/mol. The van der Waals surface area contributed by atoms with E-state index in [1.165, 1.54) is 32.1 Å². The Morgan fingerprint density at radius 1 is 1.18 bits per heavy atom. The van der Waals surface area contributed by atoms with Crippen molar-refractivity contribution in [1.82, 2.24) is 15.0 Å². The fourth-order valence-corrected chi connectivity index (χ4v) is 2.25. The van der Waals surface area contributed by atoms with E-state index in [2.05, 4.69) is 26.2 Å². The molecule has 1 aromatic heterocycles. The van der Waals surface area contributed by atoms with Crippen molar-refractivity contribution in [2.24, 2.45) is 7.05 Å². The molecule has 0 spiro atoms. The highest BCUT2D eigenvalue weighted by Gasteiger charge is 2.24. The molecule has 0 unspecified atom stereocenters. The first-order valence-electron chi connectivity index (χ1n) is 8.11. The fraction of sp³-hybridized carbons (Fsp3) is 0.812. The number of halogens is 1. The number of unbranched alkanes of at least 4 members (excludes halogenated alkanes) is 6. The highest BCUT2D eigenvalue weighted by Crippen LogP contribution is 2.17. The van der Waals surface area contributed by atoms with Gasteiger partial charge in [0.15, 0.2) is 0 Å². The predicted octanol–water partition coefficient (Wildman–Crippen LogP) is 3.81. The first kappa shape index (κ1) is 19.1. The Kier molecular flexibility index (Phi) is 8.68. The summed E-state index contributed by atoms with van der Waals surface area (Å²) >= 11 is 3.30. The van der Waals surface area contributed by atoms with Gasteiger partial charge in [-0.25, -0.2) is 0 Å². The van der Waals surface area contributed by atoms with E-state index in [4.69, 9.17) is 4.74 Å². The number of hydrogen-bond donors (Lipinski definition) is 0. The zero-order chi connectivity index (χ0) is 16.4. The standard InChI is InChI=1S/C16H28BrN3O2/c1-16(2,17)15(21)22-12-10-8-6-4-5-7-9-11-14-13-20(3)19-18-14/h13H,4-12H2,1-3H3. The van der Waals surface area contributed by atoms with Crippen LogP contribution in [-0.2, 0) is 23.0 Å². The van der Waals surface area contributed by atoms with Gasteiger partial charge in [-0.1, -0.05) is 53.2 Å². The van der Waals surface area contributed by atoms with Crippen LogP contribution in [0.5, 0.6) is 0 Å². The van der Waals surface area contributed by atoms with E-state index in [1.54, 1.807) is 18.5 Å². The monoisotopic (exact) mass is 373 g/mol. The van der Waals surface area contributed by atoms with Crippen LogP contribution in [0.4, 0.5) is 0 Å². The Bertz CT molecular complexity index is 441. The minimum absolute atomic E-state index is 0.184. The Balaban J connectivity index is 1.87. The number of aromatic nitrogens is 3. The fourth-order valence-electron chi connectivity index (χ4n) is 2.14. The van der Waals surface area contributed by atoms with Crippen molar-refractivity contribution in [3.05, 3.63) is 11.9 Å². The number of hydrogen-bond acceptors (Lipinski definition) is 4. The van der Waals surface area contributed by atoms with Gasteiger partial charge < -0.3 is 4.74 Å². The molecule has 0 amide bonds. The third kappa shape index (κ3) is 8.51. The van der Waals surface area contributed by atoms with E-state index in [0.29, 0.717) is 6.61 Å². The van der Waals surface area contributed by atoms with E-state index in [0.717, 1.165) is 25.0 Å². The molecular weight excluding hydrogens is 346 g/mol. The predicted molar refractivity (Wildman–Crippen MR) is 91.0 cm³/mol. The molecule has 1 rings (SSSR count). The van der Waals surface area contributed by atoms with Crippen LogP contribution < -0.4 is 0 Å². The second-order valence-corrected chi connectivity index (χ2v) is 8.20. The number of nitrogens with zero attached hydrogens (tertiary/aromatic N) is 3. The van der Waals surface area contributed by atoms with Crippen molar-refractivity contribution in [3.63, 3.8) is 0 Å². The van der Waals surface area contributed by atoms with Crippen LogP contribution in [0.2, 0.25) is 0 Å². The van der Waals surface area contributed by atoms with Gasteiger partial charge in [-0.3, -0.25) is 9.48 Å². The Labute approximate surface area is 141 Å². The number of ether oxygens (including phenoxy) is 1. The molecule has 22 heavy (non-hydrogen) atoms. The summed E-state index contributed by atoms with van der Waals surface area (Å²) in [5.74, 6) is -0.184. The summed E-state index contributed by atoms with van der Waals surface area (Å²) in [5, 5.41) is 8.01. The van der Waals surface area contributed by atoms with Crippen molar-refractivity contribution < 1.29 is 9.53 Å². The molecule has 126 valence electrons. The molecule has 0 atom stereocenters. The van der Waals surface area contributed by atoms with Gasteiger partial charge in [0.05, 0.1) is 12.3 Å². The average Bonchev–Trinajstić information content (AvgIpc) is 2.85. The lowest BCUT2D eigenvalue weighted by molar-refractivity contribution is -0.145. The first-order chi connectivity index (χ1) is 10.4. The zero-order valence-corrected chi connectivity index (χ0v) is 15.6. The van der Waals surface area contributed by atoms with Crippen molar-refractivity contribution in [3.8, 4) is 0 Å². The summed E-state index contributed by atoms with van der Waals surface area (Å²) in [4.78, 5) is 11.5. The minimum Gasteiger partial charge on any atom is -0.465 e. The molecule has 0 N–H and O–H groups in total. The van der Waals surface area contributed by atoms with Crippen LogP contribution >= 0.6 is 15.9 Å². The SMILES string of the molecule is Cn1cc(CCCCCCCCCOC(=O)C(C)(C)Br)nn1. The third-order valence-corrected chi connectivity index (χ3v) is 3.77. The highest BCUT2D eigenvalue weighted by atomic mass is 79.9. The van der Waals surface area contributed by atoms with E-state index in [-0.39, 0.29) is 5.97 Å². The molecule has 0 fully saturated rings. The second kappa shape index (κ2) is 9.98. The summed E-state index contributed by atoms with van der Waals surface area (Å²) in [7, 11) is 1.90. The highest BCUT2D eigenvalue weighted by molar-refractivity contribution is 9.10. The molecule has 6 heteroatoms. The molecule has 0 aliphatic heterocycles. The number of alkyl halides is 1. The summed E-state index contributed by atoms with van der Waals surface area (Å²) in [6.07, 6.45) is 11.2. The third-order valence-electron chi connectivity index (χ3n) is 3.45. The van der Waals surface area contributed by atoms with E-state index < -0.39 is 4.32 Å². The molecule has 0 radical (unpaired) electrons. The number of carbonyl (C=O) groups is 1. The van der Waals surface area contributed by atoms with Crippen LogP contribution in [0.1, 0.15) is 64.5 Å². The van der Waals surface area contributed by atoms with E-state index in [9.17, 15) is 4.79 Å². The first-order valence-corrected chi connectivity index (χ1v) is 8.90.